The summed E-state index contributed by atoms with van der Waals surface area (Å²) in [7, 11) is 2.41. The zero-order chi connectivity index (χ0) is 15.4. The van der Waals surface area contributed by atoms with Crippen LogP contribution < -0.4 is 0 Å². The molecule has 0 fully saturated rings. The Morgan fingerprint density at radius 1 is 1.15 bits per heavy atom. The molecule has 0 aliphatic carbocycles. The summed E-state index contributed by atoms with van der Waals surface area (Å²) in [5.41, 5.74) is 0.464. The normalized spacial score (nSPS) is 12.4. The molecule has 4 nitrogen and oxygen atoms in total. The zero-order valence-corrected chi connectivity index (χ0v) is 14.4. The van der Waals surface area contributed by atoms with Crippen LogP contribution in [0.2, 0.25) is 6.04 Å². The van der Waals surface area contributed by atoms with Gasteiger partial charge >= 0.3 is 15.3 Å². The Bertz CT molecular complexity index is 277. The van der Waals surface area contributed by atoms with E-state index in [9.17, 15) is 4.79 Å². The molecule has 0 aromatic rings. The highest BCUT2D eigenvalue weighted by Crippen LogP contribution is 2.15. The Balaban J connectivity index is 3.47. The maximum absolute atomic E-state index is 11.2. The minimum Gasteiger partial charge on any atom is -0.462 e. The maximum Gasteiger partial charge on any atom is 0.384 e. The second kappa shape index (κ2) is 12.1. The molecule has 0 aliphatic heterocycles. The van der Waals surface area contributed by atoms with Crippen LogP contribution >= 0.6 is 0 Å². The zero-order valence-electron chi connectivity index (χ0n) is 13.4. The molecule has 117 valence electrons. The summed E-state index contributed by atoms with van der Waals surface area (Å²) in [5.74, 6) is 0.300. The van der Waals surface area contributed by atoms with E-state index in [2.05, 4.69) is 13.5 Å². The van der Waals surface area contributed by atoms with Crippen molar-refractivity contribution in [3.63, 3.8) is 0 Å². The first-order chi connectivity index (χ1) is 9.51. The number of rotatable bonds is 12. The van der Waals surface area contributed by atoms with E-state index in [1.54, 1.807) is 21.1 Å². The van der Waals surface area contributed by atoms with Crippen molar-refractivity contribution in [1.29, 1.82) is 0 Å². The van der Waals surface area contributed by atoms with Crippen molar-refractivity contribution in [2.24, 2.45) is 5.92 Å². The molecular formula is C15H29O4Si. The lowest BCUT2D eigenvalue weighted by Crippen LogP contribution is -2.18. The Morgan fingerprint density at radius 3 is 2.35 bits per heavy atom. The fourth-order valence-electron chi connectivity index (χ4n) is 1.85. The van der Waals surface area contributed by atoms with Gasteiger partial charge in [0.25, 0.3) is 0 Å². The monoisotopic (exact) mass is 301 g/mol. The van der Waals surface area contributed by atoms with E-state index in [4.69, 9.17) is 13.6 Å². The van der Waals surface area contributed by atoms with Crippen molar-refractivity contribution in [3.05, 3.63) is 12.2 Å². The largest absolute Gasteiger partial charge is 0.462 e. The van der Waals surface area contributed by atoms with E-state index >= 15 is 0 Å². The topological polar surface area (TPSA) is 44.8 Å². The molecule has 1 unspecified atom stereocenters. The summed E-state index contributed by atoms with van der Waals surface area (Å²) < 4.78 is 15.6. The Hall–Kier alpha value is -0.653. The summed E-state index contributed by atoms with van der Waals surface area (Å²) in [6, 6.07) is 1.04. The summed E-state index contributed by atoms with van der Waals surface area (Å²) >= 11 is 0. The molecule has 0 bridgehead atoms. The highest BCUT2D eigenvalue weighted by atomic mass is 28.3. The quantitative estimate of drug-likeness (QED) is 0.240. The first-order valence-corrected chi connectivity index (χ1v) is 8.80. The molecular weight excluding hydrogens is 272 g/mol. The second-order valence-electron chi connectivity index (χ2n) is 5.19. The van der Waals surface area contributed by atoms with Gasteiger partial charge in [0, 0.05) is 19.8 Å². The van der Waals surface area contributed by atoms with Crippen LogP contribution in [-0.2, 0) is 18.4 Å². The molecule has 0 saturated carbocycles. The van der Waals surface area contributed by atoms with Crippen LogP contribution in [0.25, 0.3) is 0 Å². The molecule has 20 heavy (non-hydrogen) atoms. The fourth-order valence-corrected chi connectivity index (χ4v) is 2.96. The van der Waals surface area contributed by atoms with Crippen LogP contribution in [0.4, 0.5) is 0 Å². The predicted molar refractivity (Wildman–Crippen MR) is 82.6 cm³/mol. The Morgan fingerprint density at radius 2 is 1.80 bits per heavy atom. The van der Waals surface area contributed by atoms with Gasteiger partial charge in [0.05, 0.1) is 6.61 Å². The molecule has 0 aromatic heterocycles. The van der Waals surface area contributed by atoms with Crippen LogP contribution in [-0.4, -0.2) is 36.1 Å². The highest BCUT2D eigenvalue weighted by molar-refractivity contribution is 6.44. The summed E-state index contributed by atoms with van der Waals surface area (Å²) in [6.07, 6.45) is 5.67. The minimum absolute atomic E-state index is 0.286. The van der Waals surface area contributed by atoms with Gasteiger partial charge in [-0.25, -0.2) is 4.79 Å². The molecule has 0 spiro atoms. The van der Waals surface area contributed by atoms with Gasteiger partial charge in [-0.05, 0) is 25.3 Å². The number of unbranched alkanes of at least 4 members (excludes halogenated alkanes) is 2. The highest BCUT2D eigenvalue weighted by Gasteiger charge is 2.11. The van der Waals surface area contributed by atoms with Crippen LogP contribution in [0.15, 0.2) is 12.2 Å². The van der Waals surface area contributed by atoms with Crippen molar-refractivity contribution >= 4 is 15.3 Å². The standard InChI is InChI=1S/C15H29O4Si/c1-13(2)15(16)19-11-10-14(3)9-7-6-8-12-20(17-4)18-5/h14H,1,6-12H2,2-5H3. The van der Waals surface area contributed by atoms with Crippen LogP contribution in [0.1, 0.15) is 46.0 Å². The SMILES string of the molecule is C=C(C)C(=O)OCCC(C)CCCCC[Si](OC)OC. The van der Waals surface area contributed by atoms with E-state index in [-0.39, 0.29) is 5.97 Å². The molecule has 5 heteroatoms. The molecule has 0 rings (SSSR count). The average molecular weight is 301 g/mol. The molecule has 0 heterocycles. The fraction of sp³-hybridized carbons (Fsp3) is 0.800. The predicted octanol–water partition coefficient (Wildman–Crippen LogP) is 3.47. The van der Waals surface area contributed by atoms with Crippen LogP contribution in [0.3, 0.4) is 0 Å². The number of ether oxygens (including phenoxy) is 1. The lowest BCUT2D eigenvalue weighted by Gasteiger charge is -2.12. The lowest BCUT2D eigenvalue weighted by atomic mass is 10.0. The molecule has 0 aromatic carbocycles. The van der Waals surface area contributed by atoms with Gasteiger partial charge in [-0.1, -0.05) is 39.2 Å². The minimum atomic E-state index is -1.02. The maximum atomic E-state index is 11.2. The first-order valence-electron chi connectivity index (χ1n) is 7.27. The van der Waals surface area contributed by atoms with Crippen LogP contribution in [0.5, 0.6) is 0 Å². The Labute approximate surface area is 125 Å². The smallest absolute Gasteiger partial charge is 0.384 e. The number of hydrogen-bond donors (Lipinski definition) is 0. The summed E-state index contributed by atoms with van der Waals surface area (Å²) in [4.78, 5) is 11.2. The molecule has 0 N–H and O–H groups in total. The van der Waals surface area contributed by atoms with Crippen molar-refractivity contribution in [2.75, 3.05) is 20.8 Å². The molecule has 0 saturated heterocycles. The van der Waals surface area contributed by atoms with Crippen molar-refractivity contribution < 1.29 is 18.4 Å². The van der Waals surface area contributed by atoms with E-state index in [1.807, 2.05) is 0 Å². The van der Waals surface area contributed by atoms with Gasteiger partial charge < -0.3 is 13.6 Å². The van der Waals surface area contributed by atoms with Gasteiger partial charge in [-0.3, -0.25) is 0 Å². The number of carbonyl (C=O) groups excluding carboxylic acids is 1. The third-order valence-electron chi connectivity index (χ3n) is 3.23. The third kappa shape index (κ3) is 10.2. The molecule has 0 amide bonds. The number of esters is 1. The second-order valence-corrected chi connectivity index (χ2v) is 7.25. The van der Waals surface area contributed by atoms with E-state index in [0.29, 0.717) is 18.1 Å². The van der Waals surface area contributed by atoms with Gasteiger partial charge in [0.15, 0.2) is 0 Å². The third-order valence-corrected chi connectivity index (χ3v) is 4.90. The summed E-state index contributed by atoms with van der Waals surface area (Å²) in [5, 5.41) is 0. The van der Waals surface area contributed by atoms with E-state index in [1.165, 1.54) is 19.3 Å². The van der Waals surface area contributed by atoms with Gasteiger partial charge in [0.2, 0.25) is 0 Å². The average Bonchev–Trinajstić information content (AvgIpc) is 2.42. The van der Waals surface area contributed by atoms with Crippen LogP contribution in [0, 0.1) is 5.92 Å². The van der Waals surface area contributed by atoms with Crippen molar-refractivity contribution in [2.45, 2.75) is 52.0 Å². The Kier molecular flexibility index (Phi) is 11.7. The number of hydrogen-bond acceptors (Lipinski definition) is 4. The van der Waals surface area contributed by atoms with Gasteiger partial charge in [0.1, 0.15) is 0 Å². The molecule has 1 radical (unpaired) electrons. The van der Waals surface area contributed by atoms with Crippen molar-refractivity contribution in [3.8, 4) is 0 Å². The molecule has 0 aliphatic rings. The van der Waals surface area contributed by atoms with Gasteiger partial charge in [-0.15, -0.1) is 0 Å². The first kappa shape index (κ1) is 19.3. The van der Waals surface area contributed by atoms with Gasteiger partial charge in [-0.2, -0.15) is 0 Å². The number of carbonyl (C=O) groups is 1. The van der Waals surface area contributed by atoms with E-state index < -0.39 is 9.28 Å². The molecule has 1 atom stereocenters. The summed E-state index contributed by atoms with van der Waals surface area (Å²) in [6.45, 7) is 7.92. The lowest BCUT2D eigenvalue weighted by molar-refractivity contribution is -0.139. The van der Waals surface area contributed by atoms with E-state index in [0.717, 1.165) is 18.9 Å². The van der Waals surface area contributed by atoms with Crippen molar-refractivity contribution in [1.82, 2.24) is 0 Å².